The number of phenols is 1. The molecule has 1 aliphatic heterocycles. The summed E-state index contributed by atoms with van der Waals surface area (Å²) in [6.07, 6.45) is 8.03. The van der Waals surface area contributed by atoms with Crippen molar-refractivity contribution < 1.29 is 5.11 Å². The Bertz CT molecular complexity index is 815. The van der Waals surface area contributed by atoms with Crippen LogP contribution in [0.5, 0.6) is 5.75 Å². The Labute approximate surface area is 143 Å². The molecule has 0 bridgehead atoms. The number of nitrogens with one attached hydrogen (secondary N) is 1. The molecule has 0 spiro atoms. The minimum Gasteiger partial charge on any atom is -0.507 e. The van der Waals surface area contributed by atoms with Gasteiger partial charge >= 0.3 is 0 Å². The largest absolute Gasteiger partial charge is 0.507 e. The lowest BCUT2D eigenvalue weighted by Crippen LogP contribution is -2.10. The Morgan fingerprint density at radius 1 is 1.29 bits per heavy atom. The fourth-order valence-electron chi connectivity index (χ4n) is 2.62. The number of hydrogen-bond donors (Lipinski definition) is 2. The van der Waals surface area contributed by atoms with Crippen LogP contribution in [0, 0.1) is 0 Å². The zero-order valence-electron chi connectivity index (χ0n) is 12.8. The Kier molecular flexibility index (Phi) is 4.14. The molecule has 7 nitrogen and oxygen atoms in total. The summed E-state index contributed by atoms with van der Waals surface area (Å²) in [7, 11) is 0. The highest BCUT2D eigenvalue weighted by Crippen LogP contribution is 2.29. The van der Waals surface area contributed by atoms with Gasteiger partial charge in [-0.05, 0) is 25.1 Å². The van der Waals surface area contributed by atoms with Crippen LogP contribution in [-0.4, -0.2) is 48.2 Å². The molecule has 3 aromatic rings. The van der Waals surface area contributed by atoms with E-state index >= 15 is 0 Å². The van der Waals surface area contributed by atoms with E-state index in [2.05, 4.69) is 25.5 Å². The van der Waals surface area contributed by atoms with Gasteiger partial charge in [0, 0.05) is 30.3 Å². The lowest BCUT2D eigenvalue weighted by atomic mass is 10.1. The summed E-state index contributed by atoms with van der Waals surface area (Å²) in [4.78, 5) is 8.35. The minimum absolute atomic E-state index is 0.114. The van der Waals surface area contributed by atoms with Crippen molar-refractivity contribution in [3.63, 3.8) is 0 Å². The highest BCUT2D eigenvalue weighted by Gasteiger charge is 2.17. The SMILES string of the molecule is Oc1cc(-n2ccnc2)ccc1-c1ncc(S[C@H]2CCNC2)nn1. The van der Waals surface area contributed by atoms with Gasteiger partial charge in [-0.3, -0.25) is 0 Å². The molecule has 4 rings (SSSR count). The topological polar surface area (TPSA) is 88.8 Å². The molecule has 1 saturated heterocycles. The van der Waals surface area contributed by atoms with Crippen molar-refractivity contribution in [3.05, 3.63) is 43.1 Å². The average Bonchev–Trinajstić information content (AvgIpc) is 3.29. The van der Waals surface area contributed by atoms with Crippen LogP contribution in [-0.2, 0) is 0 Å². The first-order chi connectivity index (χ1) is 11.8. The number of aromatic hydroxyl groups is 1. The standard InChI is InChI=1S/C16H16N6OS/c23-14-7-11(22-6-5-18-10-22)1-2-13(14)16-19-9-15(20-21-16)24-12-3-4-17-8-12/h1-2,5-7,9-10,12,17,23H,3-4,8H2/t12-/m0/s1. The monoisotopic (exact) mass is 340 g/mol. The number of nitrogens with zero attached hydrogens (tertiary/aromatic N) is 5. The molecular weight excluding hydrogens is 324 g/mol. The molecule has 3 heterocycles. The van der Waals surface area contributed by atoms with Gasteiger partial charge in [0.15, 0.2) is 5.82 Å². The predicted molar refractivity (Wildman–Crippen MR) is 91.2 cm³/mol. The van der Waals surface area contributed by atoms with Crippen LogP contribution in [0.1, 0.15) is 6.42 Å². The van der Waals surface area contributed by atoms with Crippen molar-refractivity contribution in [1.29, 1.82) is 0 Å². The van der Waals surface area contributed by atoms with Gasteiger partial charge < -0.3 is 15.0 Å². The first-order valence-corrected chi connectivity index (χ1v) is 8.56. The molecule has 2 aromatic heterocycles. The van der Waals surface area contributed by atoms with E-state index in [1.807, 2.05) is 16.8 Å². The fourth-order valence-corrected chi connectivity index (χ4v) is 3.60. The second-order valence-corrected chi connectivity index (χ2v) is 6.84. The van der Waals surface area contributed by atoms with E-state index < -0.39 is 0 Å². The van der Waals surface area contributed by atoms with Gasteiger partial charge in [0.05, 0.1) is 23.8 Å². The van der Waals surface area contributed by atoms with Gasteiger partial charge in [-0.15, -0.1) is 10.2 Å². The number of rotatable bonds is 4. The van der Waals surface area contributed by atoms with E-state index in [4.69, 9.17) is 0 Å². The van der Waals surface area contributed by atoms with Crippen LogP contribution in [0.4, 0.5) is 0 Å². The molecule has 1 atom stereocenters. The van der Waals surface area contributed by atoms with E-state index in [0.29, 0.717) is 16.6 Å². The summed E-state index contributed by atoms with van der Waals surface area (Å²) in [5.74, 6) is 0.530. The summed E-state index contributed by atoms with van der Waals surface area (Å²) in [5.41, 5.74) is 1.38. The maximum Gasteiger partial charge on any atom is 0.185 e. The Morgan fingerprint density at radius 2 is 2.25 bits per heavy atom. The number of thioether (sulfide) groups is 1. The lowest BCUT2D eigenvalue weighted by molar-refractivity contribution is 0.476. The van der Waals surface area contributed by atoms with Crippen molar-refractivity contribution in [1.82, 2.24) is 30.0 Å². The van der Waals surface area contributed by atoms with Gasteiger partial charge in [-0.1, -0.05) is 11.8 Å². The van der Waals surface area contributed by atoms with Crippen LogP contribution in [0.3, 0.4) is 0 Å². The molecule has 122 valence electrons. The molecule has 8 heteroatoms. The maximum atomic E-state index is 10.3. The highest BCUT2D eigenvalue weighted by atomic mass is 32.2. The van der Waals surface area contributed by atoms with Gasteiger partial charge in [-0.25, -0.2) is 9.97 Å². The molecule has 0 radical (unpaired) electrons. The van der Waals surface area contributed by atoms with Crippen molar-refractivity contribution in [2.45, 2.75) is 16.7 Å². The molecular formula is C16H16N6OS. The van der Waals surface area contributed by atoms with Crippen molar-refractivity contribution in [3.8, 4) is 22.8 Å². The molecule has 2 N–H and O–H groups in total. The summed E-state index contributed by atoms with van der Waals surface area (Å²) >= 11 is 1.69. The fraction of sp³-hybridized carbons (Fsp3) is 0.250. The number of aromatic nitrogens is 5. The normalized spacial score (nSPS) is 17.2. The van der Waals surface area contributed by atoms with E-state index in [1.54, 1.807) is 42.6 Å². The van der Waals surface area contributed by atoms with Crippen LogP contribution in [0.25, 0.3) is 17.1 Å². The predicted octanol–water partition coefficient (Wildman–Crippen LogP) is 1.88. The van der Waals surface area contributed by atoms with E-state index in [0.717, 1.165) is 30.2 Å². The third-order valence-corrected chi connectivity index (χ3v) is 5.03. The molecule has 24 heavy (non-hydrogen) atoms. The average molecular weight is 340 g/mol. The van der Waals surface area contributed by atoms with Crippen molar-refractivity contribution in [2.24, 2.45) is 0 Å². The molecule has 1 aromatic carbocycles. The molecule has 0 saturated carbocycles. The Morgan fingerprint density at radius 3 is 2.92 bits per heavy atom. The Hall–Kier alpha value is -2.45. The lowest BCUT2D eigenvalue weighted by Gasteiger charge is -2.08. The van der Waals surface area contributed by atoms with Crippen LogP contribution in [0.15, 0.2) is 48.1 Å². The smallest absolute Gasteiger partial charge is 0.185 e. The molecule has 0 amide bonds. The van der Waals surface area contributed by atoms with Crippen LogP contribution >= 0.6 is 11.8 Å². The number of benzene rings is 1. The minimum atomic E-state index is 0.114. The van der Waals surface area contributed by atoms with E-state index in [1.165, 1.54) is 0 Å². The quantitative estimate of drug-likeness (QED) is 0.749. The second-order valence-electron chi connectivity index (χ2n) is 5.52. The third kappa shape index (κ3) is 3.10. The van der Waals surface area contributed by atoms with Gasteiger partial charge in [-0.2, -0.15) is 0 Å². The van der Waals surface area contributed by atoms with Gasteiger partial charge in [0.2, 0.25) is 0 Å². The zero-order valence-corrected chi connectivity index (χ0v) is 13.6. The summed E-state index contributed by atoms with van der Waals surface area (Å²) in [6, 6.07) is 5.33. The van der Waals surface area contributed by atoms with Crippen molar-refractivity contribution >= 4 is 11.8 Å². The van der Waals surface area contributed by atoms with Gasteiger partial charge in [0.1, 0.15) is 10.8 Å². The van der Waals surface area contributed by atoms with Crippen LogP contribution in [0.2, 0.25) is 0 Å². The van der Waals surface area contributed by atoms with Crippen molar-refractivity contribution in [2.75, 3.05) is 13.1 Å². The molecule has 1 aliphatic rings. The van der Waals surface area contributed by atoms with Gasteiger partial charge in [0.25, 0.3) is 0 Å². The molecule has 1 fully saturated rings. The van der Waals surface area contributed by atoms with E-state index in [-0.39, 0.29) is 5.75 Å². The van der Waals surface area contributed by atoms with Crippen LogP contribution < -0.4 is 5.32 Å². The first-order valence-electron chi connectivity index (χ1n) is 7.68. The Balaban J connectivity index is 1.54. The summed E-state index contributed by atoms with van der Waals surface area (Å²) in [6.45, 7) is 2.04. The van der Waals surface area contributed by atoms with E-state index in [9.17, 15) is 5.11 Å². The molecule has 0 unspecified atom stereocenters. The first kappa shape index (κ1) is 15.1. The maximum absolute atomic E-state index is 10.3. The summed E-state index contributed by atoms with van der Waals surface area (Å²) < 4.78 is 1.82. The molecule has 0 aliphatic carbocycles. The highest BCUT2D eigenvalue weighted by molar-refractivity contribution is 7.99. The number of hydrogen-bond acceptors (Lipinski definition) is 7. The number of phenolic OH excluding ortho intramolecular Hbond substituents is 1. The summed E-state index contributed by atoms with van der Waals surface area (Å²) in [5, 5.41) is 23.3. The zero-order chi connectivity index (χ0) is 16.4. The third-order valence-electron chi connectivity index (χ3n) is 3.87. The second kappa shape index (κ2) is 6.58. The number of imidazole rings is 1.